The van der Waals surface area contributed by atoms with Crippen LogP contribution in [0.1, 0.15) is 49.7 Å². The van der Waals surface area contributed by atoms with Gasteiger partial charge >= 0.3 is 6.03 Å². The maximum atomic E-state index is 13.2. The molecule has 0 saturated carbocycles. The third kappa shape index (κ3) is 7.72. The van der Waals surface area contributed by atoms with Crippen molar-refractivity contribution in [1.82, 2.24) is 20.9 Å². The van der Waals surface area contributed by atoms with E-state index >= 15 is 0 Å². The average molecular weight is 537 g/mol. The first kappa shape index (κ1) is 28.4. The van der Waals surface area contributed by atoms with Gasteiger partial charge in [-0.2, -0.15) is 0 Å². The van der Waals surface area contributed by atoms with Crippen molar-refractivity contribution in [2.24, 2.45) is 5.92 Å². The molecule has 2 aromatic rings. The van der Waals surface area contributed by atoms with E-state index in [1.165, 1.54) is 0 Å². The SMILES string of the molecule is COc1ccc(CNC(=O)C2CCCC(NC(=O)NC3(c4ccccc4)CCOCC3)CN(C)C(=O)C2)cc1. The zero-order valence-corrected chi connectivity index (χ0v) is 22.9. The fourth-order valence-corrected chi connectivity index (χ4v) is 5.42. The first-order valence-corrected chi connectivity index (χ1v) is 13.7. The number of ether oxygens (including phenoxy) is 2. The Hall–Kier alpha value is -3.59. The molecule has 2 atom stereocenters. The highest BCUT2D eigenvalue weighted by atomic mass is 16.5. The Kier molecular flexibility index (Phi) is 9.81. The lowest BCUT2D eigenvalue weighted by Crippen LogP contribution is -2.55. The van der Waals surface area contributed by atoms with E-state index in [2.05, 4.69) is 16.0 Å². The molecule has 0 aliphatic carbocycles. The fourth-order valence-electron chi connectivity index (χ4n) is 5.42. The van der Waals surface area contributed by atoms with Crippen LogP contribution in [-0.2, 0) is 26.4 Å². The summed E-state index contributed by atoms with van der Waals surface area (Å²) >= 11 is 0. The van der Waals surface area contributed by atoms with E-state index in [9.17, 15) is 14.4 Å². The van der Waals surface area contributed by atoms with E-state index in [0.29, 0.717) is 52.0 Å². The number of urea groups is 1. The number of benzene rings is 2. The number of methoxy groups -OCH3 is 1. The van der Waals surface area contributed by atoms with Crippen LogP contribution < -0.4 is 20.7 Å². The molecule has 2 heterocycles. The van der Waals surface area contributed by atoms with Gasteiger partial charge in [-0.25, -0.2) is 4.79 Å². The normalized spacial score (nSPS) is 21.6. The van der Waals surface area contributed by atoms with Gasteiger partial charge in [0.05, 0.1) is 12.6 Å². The van der Waals surface area contributed by atoms with Crippen LogP contribution in [0.3, 0.4) is 0 Å². The summed E-state index contributed by atoms with van der Waals surface area (Å²) in [4.78, 5) is 40.8. The van der Waals surface area contributed by atoms with Crippen molar-refractivity contribution < 1.29 is 23.9 Å². The molecule has 2 fully saturated rings. The lowest BCUT2D eigenvalue weighted by Gasteiger charge is -2.39. The molecule has 4 amide bonds. The molecule has 9 heteroatoms. The van der Waals surface area contributed by atoms with Crippen LogP contribution in [0.15, 0.2) is 54.6 Å². The minimum absolute atomic E-state index is 0.0982. The van der Waals surface area contributed by atoms with Gasteiger partial charge in [-0.15, -0.1) is 0 Å². The molecule has 0 radical (unpaired) electrons. The molecule has 2 saturated heterocycles. The molecular weight excluding hydrogens is 496 g/mol. The minimum Gasteiger partial charge on any atom is -0.497 e. The maximum Gasteiger partial charge on any atom is 0.315 e. The Morgan fingerprint density at radius 1 is 1.05 bits per heavy atom. The Morgan fingerprint density at radius 2 is 1.77 bits per heavy atom. The lowest BCUT2D eigenvalue weighted by atomic mass is 9.83. The van der Waals surface area contributed by atoms with Gasteiger partial charge in [-0.05, 0) is 48.9 Å². The molecule has 2 aliphatic heterocycles. The smallest absolute Gasteiger partial charge is 0.315 e. The van der Waals surface area contributed by atoms with Crippen molar-refractivity contribution in [3.05, 3.63) is 65.7 Å². The van der Waals surface area contributed by atoms with Crippen molar-refractivity contribution in [3.8, 4) is 5.75 Å². The number of nitrogens with zero attached hydrogens (tertiary/aromatic N) is 1. The summed E-state index contributed by atoms with van der Waals surface area (Å²) in [6, 6.07) is 17.1. The van der Waals surface area contributed by atoms with E-state index in [-0.39, 0.29) is 30.3 Å². The Bertz CT molecular complexity index is 1100. The van der Waals surface area contributed by atoms with E-state index in [4.69, 9.17) is 9.47 Å². The quantitative estimate of drug-likeness (QED) is 0.503. The number of hydrogen-bond donors (Lipinski definition) is 3. The lowest BCUT2D eigenvalue weighted by molar-refractivity contribution is -0.135. The monoisotopic (exact) mass is 536 g/mol. The van der Waals surface area contributed by atoms with Crippen LogP contribution in [0.4, 0.5) is 4.79 Å². The second-order valence-corrected chi connectivity index (χ2v) is 10.5. The van der Waals surface area contributed by atoms with E-state index in [1.807, 2.05) is 54.6 Å². The van der Waals surface area contributed by atoms with Gasteiger partial charge in [0.15, 0.2) is 0 Å². The van der Waals surface area contributed by atoms with Crippen molar-refractivity contribution in [2.45, 2.75) is 56.7 Å². The Morgan fingerprint density at radius 3 is 2.46 bits per heavy atom. The standard InChI is InChI=1S/C30H40N4O5/c1-34-21-25(32-29(37)33-30(15-17-39-18-16-30)24-8-4-3-5-9-24)10-6-7-23(19-27(34)35)28(36)31-20-22-11-13-26(38-2)14-12-22/h3-5,8-9,11-14,23,25H,6-7,10,15-21H2,1-2H3,(H,31,36)(H2,32,33,37). The number of carbonyl (C=O) groups excluding carboxylic acids is 3. The molecule has 2 aromatic carbocycles. The molecule has 4 rings (SSSR count). The number of rotatable bonds is 7. The van der Waals surface area contributed by atoms with E-state index < -0.39 is 11.5 Å². The van der Waals surface area contributed by atoms with Gasteiger partial charge in [-0.1, -0.05) is 48.9 Å². The van der Waals surface area contributed by atoms with Crippen LogP contribution in [0, 0.1) is 5.92 Å². The van der Waals surface area contributed by atoms with Crippen molar-refractivity contribution in [1.29, 1.82) is 0 Å². The molecular formula is C30H40N4O5. The highest BCUT2D eigenvalue weighted by Gasteiger charge is 2.36. The molecule has 3 N–H and O–H groups in total. The summed E-state index contributed by atoms with van der Waals surface area (Å²) in [7, 11) is 3.35. The third-order valence-electron chi connectivity index (χ3n) is 7.80. The fraction of sp³-hybridized carbons (Fsp3) is 0.500. The molecule has 0 bridgehead atoms. The van der Waals surface area contributed by atoms with Gasteiger partial charge in [-0.3, -0.25) is 9.59 Å². The van der Waals surface area contributed by atoms with Crippen LogP contribution in [0.25, 0.3) is 0 Å². The summed E-state index contributed by atoms with van der Waals surface area (Å²) in [5.74, 6) is 0.129. The molecule has 0 aromatic heterocycles. The largest absolute Gasteiger partial charge is 0.497 e. The van der Waals surface area contributed by atoms with Gasteiger partial charge in [0.25, 0.3) is 0 Å². The molecule has 2 aliphatic rings. The number of nitrogens with one attached hydrogen (secondary N) is 3. The summed E-state index contributed by atoms with van der Waals surface area (Å²) in [6.07, 6.45) is 3.53. The average Bonchev–Trinajstić information content (AvgIpc) is 3.02. The number of carbonyl (C=O) groups is 3. The predicted molar refractivity (Wildman–Crippen MR) is 148 cm³/mol. The second-order valence-electron chi connectivity index (χ2n) is 10.5. The maximum absolute atomic E-state index is 13.2. The van der Waals surface area contributed by atoms with Crippen LogP contribution in [0.5, 0.6) is 5.75 Å². The third-order valence-corrected chi connectivity index (χ3v) is 7.80. The van der Waals surface area contributed by atoms with Crippen molar-refractivity contribution in [3.63, 3.8) is 0 Å². The highest BCUT2D eigenvalue weighted by molar-refractivity contribution is 5.86. The second kappa shape index (κ2) is 13.5. The summed E-state index contributed by atoms with van der Waals surface area (Å²) in [6.45, 7) is 1.95. The van der Waals surface area contributed by atoms with Gasteiger partial charge in [0.2, 0.25) is 11.8 Å². The Balaban J connectivity index is 1.34. The summed E-state index contributed by atoms with van der Waals surface area (Å²) in [5, 5.41) is 9.32. The van der Waals surface area contributed by atoms with Gasteiger partial charge < -0.3 is 30.3 Å². The molecule has 2 unspecified atom stereocenters. The predicted octanol–water partition coefficient (Wildman–Crippen LogP) is 3.33. The summed E-state index contributed by atoms with van der Waals surface area (Å²) < 4.78 is 10.8. The molecule has 39 heavy (non-hydrogen) atoms. The number of amides is 4. The molecule has 9 nitrogen and oxygen atoms in total. The van der Waals surface area contributed by atoms with Crippen molar-refractivity contribution in [2.75, 3.05) is 33.9 Å². The van der Waals surface area contributed by atoms with Crippen LogP contribution in [0.2, 0.25) is 0 Å². The number of likely N-dealkylation sites (N-methyl/N-ethyl adjacent to an activating group) is 1. The van der Waals surface area contributed by atoms with Crippen LogP contribution in [-0.4, -0.2) is 62.7 Å². The minimum atomic E-state index is -0.489. The van der Waals surface area contributed by atoms with Gasteiger partial charge in [0, 0.05) is 51.7 Å². The van der Waals surface area contributed by atoms with Crippen molar-refractivity contribution >= 4 is 17.8 Å². The zero-order valence-electron chi connectivity index (χ0n) is 22.9. The zero-order chi connectivity index (χ0) is 27.7. The molecule has 0 spiro atoms. The van der Waals surface area contributed by atoms with E-state index in [0.717, 1.165) is 23.3 Å². The van der Waals surface area contributed by atoms with E-state index in [1.54, 1.807) is 19.1 Å². The highest BCUT2D eigenvalue weighted by Crippen LogP contribution is 2.32. The molecule has 210 valence electrons. The topological polar surface area (TPSA) is 109 Å². The first-order valence-electron chi connectivity index (χ1n) is 13.7. The van der Waals surface area contributed by atoms with Crippen LogP contribution >= 0.6 is 0 Å². The first-order chi connectivity index (χ1) is 18.9. The van der Waals surface area contributed by atoms with Gasteiger partial charge in [0.1, 0.15) is 5.75 Å². The number of hydrogen-bond acceptors (Lipinski definition) is 5. The Labute approximate surface area is 230 Å². The summed E-state index contributed by atoms with van der Waals surface area (Å²) in [5.41, 5.74) is 1.54.